The summed E-state index contributed by atoms with van der Waals surface area (Å²) in [4.78, 5) is 12.6. The summed E-state index contributed by atoms with van der Waals surface area (Å²) in [5, 5.41) is 0. The monoisotopic (exact) mass is 252 g/mol. The number of hydrogen-bond donors (Lipinski definition) is 0. The van der Waals surface area contributed by atoms with Crippen LogP contribution in [0.3, 0.4) is 0 Å². The Morgan fingerprint density at radius 3 is 2.18 bits per heavy atom. The van der Waals surface area contributed by atoms with E-state index < -0.39 is 0 Å². The van der Waals surface area contributed by atoms with Gasteiger partial charge in [0.05, 0.1) is 5.75 Å². The van der Waals surface area contributed by atoms with Crippen molar-refractivity contribution in [3.8, 4) is 0 Å². The molecule has 0 aromatic rings. The summed E-state index contributed by atoms with van der Waals surface area (Å²) in [6, 6.07) is 0. The van der Waals surface area contributed by atoms with Crippen molar-refractivity contribution in [1.82, 2.24) is 0 Å². The fourth-order valence-electron chi connectivity index (χ4n) is 6.04. The normalized spacial score (nSPS) is 51.8. The lowest BCUT2D eigenvalue weighted by Crippen LogP contribution is -2.58. The van der Waals surface area contributed by atoms with Gasteiger partial charge in [0.2, 0.25) is 0 Å². The summed E-state index contributed by atoms with van der Waals surface area (Å²) in [5.74, 6) is 2.14. The second kappa shape index (κ2) is 3.53. The zero-order valence-corrected chi connectivity index (χ0v) is 12.2. The number of carbonyl (C=O) groups is 1. The van der Waals surface area contributed by atoms with Crippen LogP contribution >= 0.6 is 11.8 Å². The standard InChI is InChI=1S/C15H24OS/c1-13-4-11-5-14(2,8-13)10-15(6-11,9-13)12(16)7-17-3/h11H,4-10H2,1-3H3. The highest BCUT2D eigenvalue weighted by molar-refractivity contribution is 7.99. The van der Waals surface area contributed by atoms with Crippen LogP contribution < -0.4 is 0 Å². The lowest BCUT2D eigenvalue weighted by atomic mass is 9.40. The molecular weight excluding hydrogens is 228 g/mol. The minimum Gasteiger partial charge on any atom is -0.298 e. The van der Waals surface area contributed by atoms with Gasteiger partial charge in [0.25, 0.3) is 0 Å². The molecule has 0 saturated heterocycles. The minimum atomic E-state index is 0.0753. The van der Waals surface area contributed by atoms with Gasteiger partial charge in [0.1, 0.15) is 5.78 Å². The number of thioether (sulfide) groups is 1. The number of hydrogen-bond acceptors (Lipinski definition) is 2. The largest absolute Gasteiger partial charge is 0.298 e. The molecule has 0 N–H and O–H groups in total. The Labute approximate surface area is 109 Å². The first kappa shape index (κ1) is 12.1. The van der Waals surface area contributed by atoms with Crippen molar-refractivity contribution in [2.45, 2.75) is 52.4 Å². The minimum absolute atomic E-state index is 0.0753. The fraction of sp³-hybridized carbons (Fsp3) is 0.933. The summed E-state index contributed by atoms with van der Waals surface area (Å²) in [6.45, 7) is 4.88. The van der Waals surface area contributed by atoms with Gasteiger partial charge in [0.15, 0.2) is 0 Å². The van der Waals surface area contributed by atoms with Gasteiger partial charge in [-0.15, -0.1) is 0 Å². The molecule has 0 aromatic carbocycles. The van der Waals surface area contributed by atoms with Crippen LogP contribution in [0, 0.1) is 22.2 Å². The van der Waals surface area contributed by atoms with Crippen molar-refractivity contribution in [2.24, 2.45) is 22.2 Å². The van der Waals surface area contributed by atoms with Crippen LogP contribution in [0.25, 0.3) is 0 Å². The molecule has 0 aromatic heterocycles. The first-order valence-electron chi connectivity index (χ1n) is 6.91. The predicted octanol–water partition coefficient (Wildman–Crippen LogP) is 3.92. The SMILES string of the molecule is CSCC(=O)C12CC3CC(C)(CC(C)(C3)C1)C2. The van der Waals surface area contributed by atoms with Gasteiger partial charge in [-0.3, -0.25) is 4.79 Å². The lowest BCUT2D eigenvalue weighted by molar-refractivity contribution is -0.165. The molecule has 0 aliphatic heterocycles. The van der Waals surface area contributed by atoms with Crippen LogP contribution in [0.4, 0.5) is 0 Å². The Balaban J connectivity index is 1.94. The van der Waals surface area contributed by atoms with Gasteiger partial charge >= 0.3 is 0 Å². The van der Waals surface area contributed by atoms with Gasteiger partial charge in [-0.25, -0.2) is 0 Å². The molecular formula is C15H24OS. The molecule has 4 saturated carbocycles. The van der Waals surface area contributed by atoms with Crippen LogP contribution in [0.1, 0.15) is 52.4 Å². The summed E-state index contributed by atoms with van der Waals surface area (Å²) in [5.41, 5.74) is 1.02. The van der Waals surface area contributed by atoms with Gasteiger partial charge in [0, 0.05) is 5.41 Å². The number of Topliss-reactive ketones (excluding diaryl/α,β-unsaturated/α-hetero) is 1. The molecule has 4 fully saturated rings. The smallest absolute Gasteiger partial charge is 0.148 e. The summed E-state index contributed by atoms with van der Waals surface area (Å²) < 4.78 is 0. The van der Waals surface area contributed by atoms with E-state index in [-0.39, 0.29) is 5.41 Å². The average Bonchev–Trinajstić information content (AvgIpc) is 2.11. The van der Waals surface area contributed by atoms with Gasteiger partial charge in [-0.2, -0.15) is 11.8 Å². The van der Waals surface area contributed by atoms with Crippen molar-refractivity contribution in [3.05, 3.63) is 0 Å². The van der Waals surface area contributed by atoms with E-state index in [1.165, 1.54) is 38.5 Å². The number of ketones is 1. The number of carbonyl (C=O) groups excluding carboxylic acids is 1. The maximum Gasteiger partial charge on any atom is 0.148 e. The first-order chi connectivity index (χ1) is 7.89. The molecule has 17 heavy (non-hydrogen) atoms. The molecule has 0 heterocycles. The Hall–Kier alpha value is 0.0200. The number of rotatable bonds is 3. The lowest BCUT2D eigenvalue weighted by Gasteiger charge is -2.64. The molecule has 1 nitrogen and oxygen atoms in total. The predicted molar refractivity (Wildman–Crippen MR) is 73.2 cm³/mol. The van der Waals surface area contributed by atoms with E-state index in [2.05, 4.69) is 20.1 Å². The summed E-state index contributed by atoms with van der Waals surface area (Å²) >= 11 is 1.71. The maximum absolute atomic E-state index is 12.6. The zero-order chi connectivity index (χ0) is 12.3. The van der Waals surface area contributed by atoms with Crippen molar-refractivity contribution in [3.63, 3.8) is 0 Å². The van der Waals surface area contributed by atoms with Crippen LogP contribution in [-0.4, -0.2) is 17.8 Å². The molecule has 96 valence electrons. The van der Waals surface area contributed by atoms with E-state index in [0.29, 0.717) is 16.6 Å². The van der Waals surface area contributed by atoms with Crippen LogP contribution in [0.15, 0.2) is 0 Å². The van der Waals surface area contributed by atoms with Crippen molar-refractivity contribution < 1.29 is 4.79 Å². The molecule has 2 unspecified atom stereocenters. The quantitative estimate of drug-likeness (QED) is 0.757. The zero-order valence-electron chi connectivity index (χ0n) is 11.3. The summed E-state index contributed by atoms with van der Waals surface area (Å²) in [7, 11) is 0. The van der Waals surface area contributed by atoms with E-state index in [9.17, 15) is 4.79 Å². The molecule has 4 aliphatic rings. The van der Waals surface area contributed by atoms with Crippen molar-refractivity contribution in [2.75, 3.05) is 12.0 Å². The first-order valence-corrected chi connectivity index (χ1v) is 8.31. The van der Waals surface area contributed by atoms with E-state index in [4.69, 9.17) is 0 Å². The Morgan fingerprint density at radius 1 is 1.12 bits per heavy atom. The average molecular weight is 252 g/mol. The van der Waals surface area contributed by atoms with E-state index >= 15 is 0 Å². The summed E-state index contributed by atoms with van der Waals surface area (Å²) in [6.07, 6.45) is 9.77. The van der Waals surface area contributed by atoms with Gasteiger partial charge in [-0.05, 0) is 61.5 Å². The molecule has 0 amide bonds. The van der Waals surface area contributed by atoms with E-state index in [0.717, 1.165) is 11.7 Å². The molecule has 4 aliphatic carbocycles. The molecule has 4 bridgehead atoms. The topological polar surface area (TPSA) is 17.1 Å². The Bertz CT molecular complexity index is 344. The second-order valence-electron chi connectivity index (χ2n) is 7.77. The van der Waals surface area contributed by atoms with Crippen molar-refractivity contribution >= 4 is 17.5 Å². The van der Waals surface area contributed by atoms with Crippen LogP contribution in [0.5, 0.6) is 0 Å². The Kier molecular flexibility index (Phi) is 2.50. The third-order valence-corrected chi connectivity index (χ3v) is 6.04. The maximum atomic E-state index is 12.6. The van der Waals surface area contributed by atoms with Gasteiger partial charge in [-0.1, -0.05) is 13.8 Å². The second-order valence-corrected chi connectivity index (χ2v) is 8.63. The highest BCUT2D eigenvalue weighted by atomic mass is 32.2. The van der Waals surface area contributed by atoms with E-state index in [1.807, 2.05) is 0 Å². The molecule has 4 rings (SSSR count). The molecule has 2 heteroatoms. The van der Waals surface area contributed by atoms with Crippen LogP contribution in [0.2, 0.25) is 0 Å². The molecule has 0 spiro atoms. The molecule has 2 atom stereocenters. The van der Waals surface area contributed by atoms with E-state index in [1.54, 1.807) is 11.8 Å². The third kappa shape index (κ3) is 1.78. The van der Waals surface area contributed by atoms with Crippen molar-refractivity contribution in [1.29, 1.82) is 0 Å². The fourth-order valence-corrected chi connectivity index (χ4v) is 6.61. The van der Waals surface area contributed by atoms with Gasteiger partial charge < -0.3 is 0 Å². The highest BCUT2D eigenvalue weighted by Crippen LogP contribution is 2.69. The molecule has 0 radical (unpaired) electrons. The highest BCUT2D eigenvalue weighted by Gasteiger charge is 2.62. The Morgan fingerprint density at radius 2 is 1.71 bits per heavy atom. The van der Waals surface area contributed by atoms with Crippen LogP contribution in [-0.2, 0) is 4.79 Å². The third-order valence-electron chi connectivity index (χ3n) is 5.49.